The molecule has 8 rings (SSSR count). The number of aliphatic hydroxyl groups is 2. The summed E-state index contributed by atoms with van der Waals surface area (Å²) in [6.45, 7) is 2.76. The van der Waals surface area contributed by atoms with Crippen molar-refractivity contribution in [3.05, 3.63) is 141 Å². The topological polar surface area (TPSA) is 117 Å². The highest BCUT2D eigenvalue weighted by Crippen LogP contribution is 2.49. The van der Waals surface area contributed by atoms with Crippen LogP contribution in [0.1, 0.15) is 121 Å². The molecule has 72 heavy (non-hydrogen) atoms. The summed E-state index contributed by atoms with van der Waals surface area (Å²) in [4.78, 5) is 23.7. The van der Waals surface area contributed by atoms with E-state index in [-0.39, 0.29) is 47.9 Å². The van der Waals surface area contributed by atoms with Crippen molar-refractivity contribution in [2.75, 3.05) is 0 Å². The van der Waals surface area contributed by atoms with Gasteiger partial charge in [-0.25, -0.2) is 8.78 Å². The minimum atomic E-state index is -4.98. The summed E-state index contributed by atoms with van der Waals surface area (Å²) in [5.41, 5.74) is -4.94. The van der Waals surface area contributed by atoms with Crippen LogP contribution in [-0.2, 0) is 43.8 Å². The van der Waals surface area contributed by atoms with Crippen molar-refractivity contribution < 1.29 is 90.7 Å². The first kappa shape index (κ1) is 54.5. The fourth-order valence-electron chi connectivity index (χ4n) is 10.5. The highest BCUT2D eigenvalue weighted by Gasteiger charge is 2.49. The van der Waals surface area contributed by atoms with Crippen molar-refractivity contribution in [1.29, 1.82) is 0 Å². The summed E-state index contributed by atoms with van der Waals surface area (Å²) in [6.07, 6.45) is -23.6. The van der Waals surface area contributed by atoms with Gasteiger partial charge in [0.25, 0.3) is 0 Å². The third kappa shape index (κ3) is 12.5. The molecule has 0 aromatic heterocycles. The number of nitrogens with one attached hydrogen (secondary N) is 2. The molecule has 0 radical (unpaired) electrons. The van der Waals surface area contributed by atoms with E-state index in [2.05, 4.69) is 10.6 Å². The molecule has 2 amide bonds. The smallest absolute Gasteiger partial charge is 0.383 e. The SMILES string of the molecule is C[C@@H](O[C@H]1CC[C@@H]([C@H]2C[C@@H](O)C(=O)N2)[C@@H]1c1ccc(F)cc1)c1cc(C(F)(F)F)cc(C(F)(F)F)c1.C[C@@H](O[C@H]1CC[C@@H]([C@H]2C[C@H](O)C(=O)N2)[C@@H]1c1ccc(F)cc1)c1cc(C(F)(F)F)cc(C(F)(F)F)c1. The predicted octanol–water partition coefficient (Wildman–Crippen LogP) is 11.5. The van der Waals surface area contributed by atoms with E-state index in [4.69, 9.17) is 9.47 Å². The van der Waals surface area contributed by atoms with Crippen LogP contribution in [0, 0.1) is 23.5 Å². The summed E-state index contributed by atoms with van der Waals surface area (Å²) >= 11 is 0. The molecule has 392 valence electrons. The largest absolute Gasteiger partial charge is 0.416 e. The lowest BCUT2D eigenvalue weighted by atomic mass is 9.82. The lowest BCUT2D eigenvalue weighted by Gasteiger charge is -2.31. The van der Waals surface area contributed by atoms with Gasteiger partial charge in [0.2, 0.25) is 11.8 Å². The van der Waals surface area contributed by atoms with Crippen LogP contribution in [0.2, 0.25) is 0 Å². The Kier molecular flexibility index (Phi) is 15.8. The maximum Gasteiger partial charge on any atom is 0.416 e. The number of carbonyl (C=O) groups is 2. The molecule has 2 saturated heterocycles. The number of rotatable bonds is 10. The predicted molar refractivity (Wildman–Crippen MR) is 228 cm³/mol. The Morgan fingerprint density at radius 2 is 0.778 bits per heavy atom. The van der Waals surface area contributed by atoms with Crippen molar-refractivity contribution in [2.24, 2.45) is 11.8 Å². The van der Waals surface area contributed by atoms with Crippen LogP contribution in [0.15, 0.2) is 84.9 Å². The van der Waals surface area contributed by atoms with Gasteiger partial charge in [-0.15, -0.1) is 0 Å². The molecule has 2 aliphatic carbocycles. The summed E-state index contributed by atoms with van der Waals surface area (Å²) in [5, 5.41) is 25.3. The van der Waals surface area contributed by atoms with Gasteiger partial charge in [0.15, 0.2) is 0 Å². The zero-order chi connectivity index (χ0) is 52.8. The number of amides is 2. The quantitative estimate of drug-likeness (QED) is 0.118. The minimum Gasteiger partial charge on any atom is -0.383 e. The molecule has 0 spiro atoms. The van der Waals surface area contributed by atoms with E-state index in [1.165, 1.54) is 38.1 Å². The maximum absolute atomic E-state index is 13.6. The fraction of sp³-hybridized carbons (Fsp3) is 0.480. The lowest BCUT2D eigenvalue weighted by molar-refractivity contribution is -0.145. The lowest BCUT2D eigenvalue weighted by Crippen LogP contribution is -2.36. The number of halogens is 14. The van der Waals surface area contributed by atoms with Crippen LogP contribution in [0.3, 0.4) is 0 Å². The van der Waals surface area contributed by atoms with Crippen LogP contribution in [0.5, 0.6) is 0 Å². The Morgan fingerprint density at radius 3 is 1.03 bits per heavy atom. The molecule has 4 aliphatic rings. The van der Waals surface area contributed by atoms with Gasteiger partial charge in [-0.2, -0.15) is 52.7 Å². The molecule has 8 nitrogen and oxygen atoms in total. The van der Waals surface area contributed by atoms with Crippen LogP contribution >= 0.6 is 0 Å². The molecular weight excluding hydrogens is 991 g/mol. The van der Waals surface area contributed by atoms with E-state index in [1.807, 2.05) is 0 Å². The van der Waals surface area contributed by atoms with Crippen molar-refractivity contribution in [3.63, 3.8) is 0 Å². The molecule has 2 aliphatic heterocycles. The minimum absolute atomic E-state index is 0.0667. The van der Waals surface area contributed by atoms with Gasteiger partial charge in [0, 0.05) is 36.8 Å². The third-order valence-electron chi connectivity index (χ3n) is 14.0. The number of aliphatic hydroxyl groups excluding tert-OH is 2. The van der Waals surface area contributed by atoms with Gasteiger partial charge >= 0.3 is 24.7 Å². The normalized spacial score (nSPS) is 27.8. The van der Waals surface area contributed by atoms with Gasteiger partial charge < -0.3 is 30.3 Å². The second-order valence-electron chi connectivity index (χ2n) is 18.7. The van der Waals surface area contributed by atoms with Crippen molar-refractivity contribution in [1.82, 2.24) is 10.6 Å². The van der Waals surface area contributed by atoms with Crippen molar-refractivity contribution >= 4 is 11.8 Å². The average Bonchev–Trinajstić information content (AvgIpc) is 4.08. The Labute approximate surface area is 403 Å². The highest BCUT2D eigenvalue weighted by molar-refractivity contribution is 5.83. The molecule has 4 aromatic rings. The van der Waals surface area contributed by atoms with E-state index in [0.717, 1.165) is 0 Å². The first-order valence-electron chi connectivity index (χ1n) is 22.9. The summed E-state index contributed by atoms with van der Waals surface area (Å²) < 4.78 is 199. The molecule has 4 N–H and O–H groups in total. The molecule has 2 saturated carbocycles. The van der Waals surface area contributed by atoms with E-state index < -0.39 is 131 Å². The molecule has 22 heteroatoms. The molecule has 0 bridgehead atoms. The van der Waals surface area contributed by atoms with Crippen LogP contribution in [-0.4, -0.2) is 58.5 Å². The Bertz CT molecular complexity index is 2310. The van der Waals surface area contributed by atoms with E-state index >= 15 is 0 Å². The van der Waals surface area contributed by atoms with Gasteiger partial charge in [0.05, 0.1) is 46.7 Å². The summed E-state index contributed by atoms with van der Waals surface area (Å²) in [5.74, 6) is -3.33. The zero-order valence-electron chi connectivity index (χ0n) is 38.1. The number of hydrogen-bond acceptors (Lipinski definition) is 6. The Balaban J connectivity index is 0.000000211. The number of benzene rings is 4. The standard InChI is InChI=1S/2C25H24F7NO3/c2*1-12(14-8-15(24(27,28)29)10-16(9-14)25(30,31)32)36-21-7-6-18(19-11-20(34)23(35)33-19)22(21)13-2-4-17(26)5-3-13/h2*2-5,8-10,12,18-22,34H,6-7,11H2,1H3,(H,33,35)/t12-,18+,19-,20+,21+,22+;12-,18+,19-,20-,21+,22+/m11/s1. The molecule has 4 aromatic carbocycles. The average molecular weight is 1040 g/mol. The van der Waals surface area contributed by atoms with Gasteiger partial charge in [-0.1, -0.05) is 24.3 Å². The number of hydrogen-bond donors (Lipinski definition) is 4. The monoisotopic (exact) mass is 1040 g/mol. The van der Waals surface area contributed by atoms with Crippen molar-refractivity contribution in [3.8, 4) is 0 Å². The van der Waals surface area contributed by atoms with Crippen LogP contribution in [0.25, 0.3) is 0 Å². The highest BCUT2D eigenvalue weighted by atomic mass is 19.4. The summed E-state index contributed by atoms with van der Waals surface area (Å²) in [6, 6.07) is 13.0. The molecule has 0 unspecified atom stereocenters. The molecular formula is C50H48F14N2O6. The maximum atomic E-state index is 13.6. The first-order valence-corrected chi connectivity index (χ1v) is 22.9. The third-order valence-corrected chi connectivity index (χ3v) is 14.0. The van der Waals surface area contributed by atoms with Gasteiger partial charge in [-0.05, 0) is 134 Å². The molecule has 4 fully saturated rings. The molecule has 12 atom stereocenters. The van der Waals surface area contributed by atoms with Gasteiger partial charge in [0.1, 0.15) is 23.8 Å². The second kappa shape index (κ2) is 20.9. The Hall–Kier alpha value is -5.32. The fourth-order valence-corrected chi connectivity index (χ4v) is 10.5. The van der Waals surface area contributed by atoms with Crippen LogP contribution < -0.4 is 10.6 Å². The second-order valence-corrected chi connectivity index (χ2v) is 18.7. The van der Waals surface area contributed by atoms with E-state index in [9.17, 15) is 81.3 Å². The number of carbonyl (C=O) groups excluding carboxylic acids is 2. The van der Waals surface area contributed by atoms with Crippen LogP contribution in [0.4, 0.5) is 61.5 Å². The Morgan fingerprint density at radius 1 is 0.486 bits per heavy atom. The first-order chi connectivity index (χ1) is 33.5. The van der Waals surface area contributed by atoms with E-state index in [0.29, 0.717) is 61.1 Å². The van der Waals surface area contributed by atoms with Gasteiger partial charge in [-0.3, -0.25) is 9.59 Å². The number of ether oxygens (including phenoxy) is 2. The van der Waals surface area contributed by atoms with E-state index in [1.54, 1.807) is 24.3 Å². The molecule has 2 heterocycles. The zero-order valence-corrected chi connectivity index (χ0v) is 38.1. The van der Waals surface area contributed by atoms with Crippen molar-refractivity contribution in [2.45, 2.75) is 138 Å². The number of alkyl halides is 12. The summed E-state index contributed by atoms with van der Waals surface area (Å²) in [7, 11) is 0.